The number of aliphatic hydroxyl groups is 1. The van der Waals surface area contributed by atoms with Crippen LogP contribution in [0.4, 0.5) is 27.8 Å². The number of aromatic nitrogens is 1. The highest BCUT2D eigenvalue weighted by molar-refractivity contribution is 5.93. The van der Waals surface area contributed by atoms with Gasteiger partial charge < -0.3 is 20.9 Å². The van der Waals surface area contributed by atoms with E-state index in [1.54, 1.807) is 0 Å². The van der Waals surface area contributed by atoms with E-state index in [1.807, 2.05) is 0 Å². The van der Waals surface area contributed by atoms with Crippen LogP contribution >= 0.6 is 0 Å². The molecule has 4 N–H and O–H groups in total. The minimum atomic E-state index is -4.84. The first-order valence-corrected chi connectivity index (χ1v) is 10.3. The summed E-state index contributed by atoms with van der Waals surface area (Å²) in [6.45, 7) is -0.409. The summed E-state index contributed by atoms with van der Waals surface area (Å²) in [7, 11) is 0. The number of carbonyl (C=O) groups excluding carboxylic acids is 1. The van der Waals surface area contributed by atoms with E-state index in [0.717, 1.165) is 12.1 Å². The molecule has 11 heteroatoms. The van der Waals surface area contributed by atoms with Gasteiger partial charge in [-0.15, -0.1) is 0 Å². The number of carbonyl (C=O) groups is 1. The molecule has 180 valence electrons. The average Bonchev–Trinajstić information content (AvgIpc) is 2.74. The molecule has 4 rings (SSSR count). The first-order valence-electron chi connectivity index (χ1n) is 10.3. The number of ether oxygens (including phenoxy) is 1. The standard InChI is InChI=1S/C23H20F5N3O3/c24-19-2-1-13(6-18(19)23(26,27)28)34-14-4-12(5-14)31-22(33)8-16-15-7-21(29)30-9-17(15)11(10-32)3-20(16)25/h1-3,6-7,9,12,14,32H,4-5,8,10H2,(H2,29,30)(H,31,33). The number of benzene rings is 2. The minimum Gasteiger partial charge on any atom is -0.490 e. The molecule has 0 spiro atoms. The molecule has 0 bridgehead atoms. The highest BCUT2D eigenvalue weighted by Crippen LogP contribution is 2.35. The molecule has 0 atom stereocenters. The summed E-state index contributed by atoms with van der Waals surface area (Å²) < 4.78 is 72.1. The number of nitrogen functional groups attached to an aromatic ring is 1. The molecule has 1 aliphatic rings. The fourth-order valence-electron chi connectivity index (χ4n) is 3.94. The lowest BCUT2D eigenvalue weighted by Crippen LogP contribution is -2.49. The van der Waals surface area contributed by atoms with Gasteiger partial charge >= 0.3 is 6.18 Å². The summed E-state index contributed by atoms with van der Waals surface area (Å²) in [5, 5.41) is 13.1. The molecule has 0 aliphatic heterocycles. The summed E-state index contributed by atoms with van der Waals surface area (Å²) in [6, 6.07) is 4.68. The third-order valence-electron chi connectivity index (χ3n) is 5.70. The molecule has 3 aromatic rings. The van der Waals surface area contributed by atoms with Gasteiger partial charge in [0.2, 0.25) is 5.91 Å². The Morgan fingerprint density at radius 2 is 1.88 bits per heavy atom. The molecule has 1 aromatic heterocycles. The Morgan fingerprint density at radius 3 is 2.56 bits per heavy atom. The average molecular weight is 481 g/mol. The third kappa shape index (κ3) is 4.89. The molecule has 1 fully saturated rings. The molecule has 0 saturated heterocycles. The Hall–Kier alpha value is -3.47. The van der Waals surface area contributed by atoms with Crippen LogP contribution in [0.3, 0.4) is 0 Å². The van der Waals surface area contributed by atoms with E-state index in [-0.39, 0.29) is 29.6 Å². The predicted molar refractivity (Wildman–Crippen MR) is 113 cm³/mol. The van der Waals surface area contributed by atoms with E-state index in [4.69, 9.17) is 10.5 Å². The number of nitrogens with zero attached hydrogens (tertiary/aromatic N) is 1. The zero-order chi connectivity index (χ0) is 24.6. The molecular weight excluding hydrogens is 461 g/mol. The normalized spacial score (nSPS) is 17.9. The second-order valence-corrected chi connectivity index (χ2v) is 8.10. The van der Waals surface area contributed by atoms with Crippen molar-refractivity contribution in [3.8, 4) is 5.75 Å². The van der Waals surface area contributed by atoms with Crippen LogP contribution < -0.4 is 15.8 Å². The molecule has 6 nitrogen and oxygen atoms in total. The third-order valence-corrected chi connectivity index (χ3v) is 5.70. The topological polar surface area (TPSA) is 97.5 Å². The van der Waals surface area contributed by atoms with Crippen LogP contribution in [0.1, 0.15) is 29.5 Å². The van der Waals surface area contributed by atoms with Gasteiger partial charge in [-0.25, -0.2) is 13.8 Å². The van der Waals surface area contributed by atoms with E-state index < -0.39 is 42.0 Å². The van der Waals surface area contributed by atoms with E-state index in [0.29, 0.717) is 41.3 Å². The van der Waals surface area contributed by atoms with Crippen LogP contribution in [0.5, 0.6) is 5.75 Å². The van der Waals surface area contributed by atoms with Crippen LogP contribution in [0, 0.1) is 11.6 Å². The number of amides is 1. The summed E-state index contributed by atoms with van der Waals surface area (Å²) in [4.78, 5) is 16.5. The zero-order valence-corrected chi connectivity index (χ0v) is 17.6. The number of nitrogens with one attached hydrogen (secondary N) is 1. The van der Waals surface area contributed by atoms with Gasteiger partial charge in [-0.1, -0.05) is 0 Å². The first-order chi connectivity index (χ1) is 16.0. The van der Waals surface area contributed by atoms with Crippen LogP contribution in [-0.4, -0.2) is 28.1 Å². The number of fused-ring (bicyclic) bond motifs is 1. The van der Waals surface area contributed by atoms with Crippen molar-refractivity contribution in [1.29, 1.82) is 0 Å². The van der Waals surface area contributed by atoms with Crippen molar-refractivity contribution in [3.63, 3.8) is 0 Å². The second kappa shape index (κ2) is 9.05. The van der Waals surface area contributed by atoms with Gasteiger partial charge in [-0.3, -0.25) is 4.79 Å². The predicted octanol–water partition coefficient (Wildman–Crippen LogP) is 3.88. The van der Waals surface area contributed by atoms with Crippen LogP contribution in [0.15, 0.2) is 36.5 Å². The summed E-state index contributed by atoms with van der Waals surface area (Å²) in [5.74, 6) is -2.49. The van der Waals surface area contributed by atoms with Gasteiger partial charge in [-0.2, -0.15) is 13.2 Å². The maximum atomic E-state index is 14.7. The summed E-state index contributed by atoms with van der Waals surface area (Å²) >= 11 is 0. The maximum absolute atomic E-state index is 14.7. The Labute approximate surface area is 190 Å². The van der Waals surface area contributed by atoms with E-state index in [1.165, 1.54) is 12.3 Å². The quantitative estimate of drug-likeness (QED) is 0.465. The van der Waals surface area contributed by atoms with Gasteiger partial charge in [-0.05, 0) is 41.3 Å². The largest absolute Gasteiger partial charge is 0.490 e. The molecule has 1 saturated carbocycles. The summed E-state index contributed by atoms with van der Waals surface area (Å²) in [5.41, 5.74) is 4.72. The fourth-order valence-corrected chi connectivity index (χ4v) is 3.94. The molecule has 1 amide bonds. The number of nitrogens with two attached hydrogens (primary N) is 1. The number of rotatable bonds is 6. The van der Waals surface area contributed by atoms with Gasteiger partial charge in [0.05, 0.1) is 18.6 Å². The maximum Gasteiger partial charge on any atom is 0.419 e. The van der Waals surface area contributed by atoms with E-state index in [9.17, 15) is 31.9 Å². The number of hydrogen-bond donors (Lipinski definition) is 3. The smallest absolute Gasteiger partial charge is 0.419 e. The minimum absolute atomic E-state index is 0.108. The lowest BCUT2D eigenvalue weighted by molar-refractivity contribution is -0.140. The fraction of sp³-hybridized carbons (Fsp3) is 0.304. The number of hydrogen-bond acceptors (Lipinski definition) is 5. The Morgan fingerprint density at radius 1 is 1.15 bits per heavy atom. The summed E-state index contributed by atoms with van der Waals surface area (Å²) in [6.07, 6.45) is -3.52. The van der Waals surface area contributed by atoms with Crippen molar-refractivity contribution in [1.82, 2.24) is 10.3 Å². The zero-order valence-electron chi connectivity index (χ0n) is 17.6. The van der Waals surface area contributed by atoms with Crippen molar-refractivity contribution in [2.45, 2.75) is 44.2 Å². The molecule has 2 aromatic carbocycles. The van der Waals surface area contributed by atoms with Crippen molar-refractivity contribution in [3.05, 3.63) is 64.9 Å². The molecule has 0 unspecified atom stereocenters. The SMILES string of the molecule is Nc1cc2c(CC(=O)NC3CC(Oc4ccc(F)c(C(F)(F)F)c4)C3)c(F)cc(CO)c2cn1. The lowest BCUT2D eigenvalue weighted by Gasteiger charge is -2.36. The highest BCUT2D eigenvalue weighted by Gasteiger charge is 2.36. The Balaban J connectivity index is 1.38. The number of aliphatic hydroxyl groups excluding tert-OH is 1. The van der Waals surface area contributed by atoms with Gasteiger partial charge in [0.1, 0.15) is 29.3 Å². The van der Waals surface area contributed by atoms with Crippen molar-refractivity contribution >= 4 is 22.5 Å². The van der Waals surface area contributed by atoms with E-state index in [2.05, 4.69) is 10.3 Å². The van der Waals surface area contributed by atoms with Gasteiger partial charge in [0.15, 0.2) is 0 Å². The molecular formula is C23H20F5N3O3. The number of halogens is 5. The first kappa shape index (κ1) is 23.7. The Bertz CT molecular complexity index is 1240. The molecule has 34 heavy (non-hydrogen) atoms. The Kier molecular flexibility index (Phi) is 6.30. The highest BCUT2D eigenvalue weighted by atomic mass is 19.4. The van der Waals surface area contributed by atoms with Gasteiger partial charge in [0.25, 0.3) is 0 Å². The van der Waals surface area contributed by atoms with Crippen LogP contribution in [0.2, 0.25) is 0 Å². The monoisotopic (exact) mass is 481 g/mol. The lowest BCUT2D eigenvalue weighted by atomic mass is 9.88. The molecule has 0 radical (unpaired) electrons. The van der Waals surface area contributed by atoms with Crippen molar-refractivity contribution < 1.29 is 36.6 Å². The molecule has 1 heterocycles. The number of pyridine rings is 1. The number of alkyl halides is 3. The van der Waals surface area contributed by atoms with Gasteiger partial charge in [0, 0.05) is 36.0 Å². The van der Waals surface area contributed by atoms with Crippen molar-refractivity contribution in [2.24, 2.45) is 0 Å². The van der Waals surface area contributed by atoms with Crippen molar-refractivity contribution in [2.75, 3.05) is 5.73 Å². The number of anilines is 1. The molecule has 1 aliphatic carbocycles. The van der Waals surface area contributed by atoms with Crippen LogP contribution in [-0.2, 0) is 24.0 Å². The second-order valence-electron chi connectivity index (χ2n) is 8.10. The van der Waals surface area contributed by atoms with Crippen LogP contribution in [0.25, 0.3) is 10.8 Å². The van der Waals surface area contributed by atoms with E-state index >= 15 is 0 Å².